The molecule has 0 fully saturated rings. The predicted molar refractivity (Wildman–Crippen MR) is 67.4 cm³/mol. The van der Waals surface area contributed by atoms with Crippen LogP contribution >= 0.6 is 0 Å². The van der Waals surface area contributed by atoms with E-state index in [1.54, 1.807) is 0 Å². The van der Waals surface area contributed by atoms with E-state index in [0.717, 1.165) is 31.2 Å². The summed E-state index contributed by atoms with van der Waals surface area (Å²) < 4.78 is 5.72. The largest absolute Gasteiger partial charge is 0.465 e. The summed E-state index contributed by atoms with van der Waals surface area (Å²) in [7, 11) is 2.12. The van der Waals surface area contributed by atoms with Crippen LogP contribution in [-0.4, -0.2) is 24.5 Å². The van der Waals surface area contributed by atoms with Crippen LogP contribution in [0.15, 0.2) is 10.5 Å². The Kier molecular flexibility index (Phi) is 5.03. The van der Waals surface area contributed by atoms with Crippen molar-refractivity contribution in [1.82, 2.24) is 10.2 Å². The Labute approximate surface area is 98.8 Å². The molecule has 1 aromatic rings. The smallest absolute Gasteiger partial charge is 0.118 e. The van der Waals surface area contributed by atoms with E-state index in [0.29, 0.717) is 6.04 Å². The number of furan rings is 1. The van der Waals surface area contributed by atoms with E-state index in [9.17, 15) is 0 Å². The zero-order chi connectivity index (χ0) is 12.1. The van der Waals surface area contributed by atoms with Crippen molar-refractivity contribution in [2.75, 3.05) is 13.6 Å². The van der Waals surface area contributed by atoms with Gasteiger partial charge in [0.25, 0.3) is 0 Å². The van der Waals surface area contributed by atoms with E-state index in [1.165, 1.54) is 5.56 Å². The Morgan fingerprint density at radius 2 is 2.12 bits per heavy atom. The number of nitrogens with zero attached hydrogens (tertiary/aromatic N) is 1. The highest BCUT2D eigenvalue weighted by atomic mass is 16.3. The minimum atomic E-state index is 0.493. The standard InChI is InChI=1S/C13H24N2O/c1-6-15(5)9-12-7-13(16-11(12)4)8-14-10(2)3/h7,10,14H,6,8-9H2,1-5H3. The third-order valence-corrected chi connectivity index (χ3v) is 2.74. The molecule has 16 heavy (non-hydrogen) atoms. The second kappa shape index (κ2) is 6.06. The van der Waals surface area contributed by atoms with Crippen molar-refractivity contribution in [2.45, 2.75) is 46.8 Å². The Hall–Kier alpha value is -0.800. The fourth-order valence-electron chi connectivity index (χ4n) is 1.54. The van der Waals surface area contributed by atoms with Gasteiger partial charge in [-0.1, -0.05) is 20.8 Å². The molecule has 0 radical (unpaired) electrons. The van der Waals surface area contributed by atoms with Gasteiger partial charge in [-0.2, -0.15) is 0 Å². The maximum absolute atomic E-state index is 5.72. The van der Waals surface area contributed by atoms with Crippen LogP contribution in [0.4, 0.5) is 0 Å². The molecule has 0 saturated carbocycles. The molecule has 1 aromatic heterocycles. The molecule has 0 aliphatic heterocycles. The second-order valence-corrected chi connectivity index (χ2v) is 4.66. The van der Waals surface area contributed by atoms with Gasteiger partial charge in [-0.05, 0) is 26.6 Å². The van der Waals surface area contributed by atoms with E-state index < -0.39 is 0 Å². The maximum atomic E-state index is 5.72. The Bertz CT molecular complexity index is 318. The average molecular weight is 224 g/mol. The molecular formula is C13H24N2O. The number of rotatable bonds is 6. The highest BCUT2D eigenvalue weighted by Crippen LogP contribution is 2.16. The van der Waals surface area contributed by atoms with E-state index in [4.69, 9.17) is 4.42 Å². The normalized spacial score (nSPS) is 11.7. The molecule has 0 aliphatic rings. The van der Waals surface area contributed by atoms with Gasteiger partial charge in [-0.25, -0.2) is 0 Å². The van der Waals surface area contributed by atoms with Crippen LogP contribution in [0.3, 0.4) is 0 Å². The summed E-state index contributed by atoms with van der Waals surface area (Å²) >= 11 is 0. The van der Waals surface area contributed by atoms with Gasteiger partial charge in [0.05, 0.1) is 6.54 Å². The van der Waals surface area contributed by atoms with Crippen LogP contribution in [0.2, 0.25) is 0 Å². The lowest BCUT2D eigenvalue weighted by Crippen LogP contribution is -2.21. The first-order valence-electron chi connectivity index (χ1n) is 6.03. The summed E-state index contributed by atoms with van der Waals surface area (Å²) in [5.41, 5.74) is 1.30. The minimum absolute atomic E-state index is 0.493. The topological polar surface area (TPSA) is 28.4 Å². The van der Waals surface area contributed by atoms with Crippen LogP contribution in [0.5, 0.6) is 0 Å². The van der Waals surface area contributed by atoms with Crippen molar-refractivity contribution in [3.05, 3.63) is 23.2 Å². The molecular weight excluding hydrogens is 200 g/mol. The first-order valence-corrected chi connectivity index (χ1v) is 6.03. The van der Waals surface area contributed by atoms with E-state index in [2.05, 4.69) is 44.1 Å². The highest BCUT2D eigenvalue weighted by molar-refractivity contribution is 5.20. The SMILES string of the molecule is CCN(C)Cc1cc(CNC(C)C)oc1C. The van der Waals surface area contributed by atoms with Gasteiger partial charge in [0, 0.05) is 18.2 Å². The first-order chi connectivity index (χ1) is 7.52. The number of nitrogens with one attached hydrogen (secondary N) is 1. The van der Waals surface area contributed by atoms with Crippen molar-refractivity contribution in [3.8, 4) is 0 Å². The zero-order valence-electron chi connectivity index (χ0n) is 11.1. The van der Waals surface area contributed by atoms with Crippen LogP contribution in [0, 0.1) is 6.92 Å². The lowest BCUT2D eigenvalue weighted by Gasteiger charge is -2.12. The minimum Gasteiger partial charge on any atom is -0.465 e. The Morgan fingerprint density at radius 3 is 2.69 bits per heavy atom. The van der Waals surface area contributed by atoms with Gasteiger partial charge in [0.15, 0.2) is 0 Å². The number of hydrogen-bond donors (Lipinski definition) is 1. The molecule has 0 spiro atoms. The fourth-order valence-corrected chi connectivity index (χ4v) is 1.54. The van der Waals surface area contributed by atoms with Gasteiger partial charge < -0.3 is 14.6 Å². The molecule has 0 saturated heterocycles. The Balaban J connectivity index is 2.59. The van der Waals surface area contributed by atoms with Crippen molar-refractivity contribution in [1.29, 1.82) is 0 Å². The maximum Gasteiger partial charge on any atom is 0.118 e. The summed E-state index contributed by atoms with van der Waals surface area (Å²) in [4.78, 5) is 2.28. The van der Waals surface area contributed by atoms with Crippen LogP contribution in [0.25, 0.3) is 0 Å². The molecule has 3 heteroatoms. The lowest BCUT2D eigenvalue weighted by atomic mass is 10.2. The van der Waals surface area contributed by atoms with Crippen LogP contribution < -0.4 is 5.32 Å². The molecule has 1 N–H and O–H groups in total. The second-order valence-electron chi connectivity index (χ2n) is 4.66. The average Bonchev–Trinajstić information content (AvgIpc) is 2.56. The van der Waals surface area contributed by atoms with Gasteiger partial charge in [-0.15, -0.1) is 0 Å². The Morgan fingerprint density at radius 1 is 1.44 bits per heavy atom. The first kappa shape index (κ1) is 13.3. The summed E-state index contributed by atoms with van der Waals surface area (Å²) in [5.74, 6) is 2.08. The molecule has 1 rings (SSSR count). The van der Waals surface area contributed by atoms with Gasteiger partial charge in [-0.3, -0.25) is 0 Å². The monoisotopic (exact) mass is 224 g/mol. The van der Waals surface area contributed by atoms with Crippen molar-refractivity contribution >= 4 is 0 Å². The molecule has 1 heterocycles. The lowest BCUT2D eigenvalue weighted by molar-refractivity contribution is 0.342. The molecule has 0 unspecified atom stereocenters. The predicted octanol–water partition coefficient (Wildman–Crippen LogP) is 2.54. The molecule has 0 atom stereocenters. The van der Waals surface area contributed by atoms with Crippen LogP contribution in [0.1, 0.15) is 37.9 Å². The van der Waals surface area contributed by atoms with Crippen LogP contribution in [-0.2, 0) is 13.1 Å². The summed E-state index contributed by atoms with van der Waals surface area (Å²) in [6.45, 7) is 11.3. The summed E-state index contributed by atoms with van der Waals surface area (Å²) in [6.07, 6.45) is 0. The van der Waals surface area contributed by atoms with E-state index in [1.807, 2.05) is 6.92 Å². The molecule has 3 nitrogen and oxygen atoms in total. The number of hydrogen-bond acceptors (Lipinski definition) is 3. The third kappa shape index (κ3) is 3.99. The molecule has 92 valence electrons. The fraction of sp³-hybridized carbons (Fsp3) is 0.692. The highest BCUT2D eigenvalue weighted by Gasteiger charge is 2.09. The van der Waals surface area contributed by atoms with Crippen molar-refractivity contribution in [2.24, 2.45) is 0 Å². The van der Waals surface area contributed by atoms with Gasteiger partial charge >= 0.3 is 0 Å². The summed E-state index contributed by atoms with van der Waals surface area (Å²) in [6, 6.07) is 2.66. The molecule has 0 bridgehead atoms. The number of aryl methyl sites for hydroxylation is 1. The van der Waals surface area contributed by atoms with E-state index in [-0.39, 0.29) is 0 Å². The summed E-state index contributed by atoms with van der Waals surface area (Å²) in [5, 5.41) is 3.36. The van der Waals surface area contributed by atoms with Gasteiger partial charge in [0.1, 0.15) is 11.5 Å². The van der Waals surface area contributed by atoms with E-state index >= 15 is 0 Å². The van der Waals surface area contributed by atoms with Gasteiger partial charge in [0.2, 0.25) is 0 Å². The third-order valence-electron chi connectivity index (χ3n) is 2.74. The molecule has 0 aliphatic carbocycles. The zero-order valence-corrected chi connectivity index (χ0v) is 11.1. The quantitative estimate of drug-likeness (QED) is 0.805. The van der Waals surface area contributed by atoms with Crippen molar-refractivity contribution in [3.63, 3.8) is 0 Å². The van der Waals surface area contributed by atoms with Crippen molar-refractivity contribution < 1.29 is 4.42 Å². The molecule has 0 aromatic carbocycles. The molecule has 0 amide bonds.